The van der Waals surface area contributed by atoms with E-state index in [9.17, 15) is 4.79 Å². The molecule has 1 aromatic heterocycles. The van der Waals surface area contributed by atoms with Crippen molar-refractivity contribution in [3.8, 4) is 0 Å². The lowest BCUT2D eigenvalue weighted by molar-refractivity contribution is -0.144. The molecule has 0 spiro atoms. The molecule has 0 saturated carbocycles. The van der Waals surface area contributed by atoms with E-state index in [-0.39, 0.29) is 42.9 Å². The van der Waals surface area contributed by atoms with Gasteiger partial charge in [0, 0.05) is 32.7 Å². The maximum Gasteiger partial charge on any atom is 0.251 e. The van der Waals surface area contributed by atoms with Crippen molar-refractivity contribution < 1.29 is 13.9 Å². The fourth-order valence-corrected chi connectivity index (χ4v) is 3.19. The first kappa shape index (κ1) is 22.2. The maximum atomic E-state index is 12.5. The van der Waals surface area contributed by atoms with Crippen LogP contribution in [0.2, 0.25) is 0 Å². The topological polar surface area (TPSA) is 84.8 Å². The number of halogens is 2. The second-order valence-electron chi connectivity index (χ2n) is 6.41. The highest BCUT2D eigenvalue weighted by molar-refractivity contribution is 5.85. The van der Waals surface area contributed by atoms with Crippen LogP contribution in [0.4, 0.5) is 0 Å². The number of carbonyl (C=O) groups excluding carboxylic acids is 1. The SMILES string of the molecule is Cc1nc(CN2CCN(C(=O)[C@@H]3CC[C@H](CN)O3)CC2)oc1C.Cl.Cl. The van der Waals surface area contributed by atoms with Gasteiger partial charge in [0.25, 0.3) is 5.91 Å². The minimum atomic E-state index is -0.299. The predicted molar refractivity (Wildman–Crippen MR) is 99.3 cm³/mol. The lowest BCUT2D eigenvalue weighted by atomic mass is 10.1. The van der Waals surface area contributed by atoms with Crippen LogP contribution in [0.1, 0.15) is 30.2 Å². The maximum absolute atomic E-state index is 12.5. The molecular formula is C16H28Cl2N4O3. The fourth-order valence-electron chi connectivity index (χ4n) is 3.19. The third kappa shape index (κ3) is 5.31. The van der Waals surface area contributed by atoms with Gasteiger partial charge in [-0.15, -0.1) is 24.8 Å². The van der Waals surface area contributed by atoms with Gasteiger partial charge in [0.2, 0.25) is 5.89 Å². The highest BCUT2D eigenvalue weighted by Gasteiger charge is 2.34. The van der Waals surface area contributed by atoms with E-state index >= 15 is 0 Å². The molecule has 0 radical (unpaired) electrons. The summed E-state index contributed by atoms with van der Waals surface area (Å²) in [5, 5.41) is 0. The Morgan fingerprint density at radius 1 is 1.20 bits per heavy atom. The molecule has 3 heterocycles. The van der Waals surface area contributed by atoms with E-state index in [0.717, 1.165) is 56.4 Å². The largest absolute Gasteiger partial charge is 0.444 e. The zero-order valence-corrected chi connectivity index (χ0v) is 16.4. The van der Waals surface area contributed by atoms with Crippen LogP contribution >= 0.6 is 24.8 Å². The molecule has 7 nitrogen and oxygen atoms in total. The monoisotopic (exact) mass is 394 g/mol. The van der Waals surface area contributed by atoms with Gasteiger partial charge >= 0.3 is 0 Å². The van der Waals surface area contributed by atoms with Crippen LogP contribution in [0.25, 0.3) is 0 Å². The Labute approximate surface area is 161 Å². The molecule has 2 fully saturated rings. The number of aryl methyl sites for hydroxylation is 2. The molecule has 0 aliphatic carbocycles. The number of carbonyl (C=O) groups is 1. The van der Waals surface area contributed by atoms with Gasteiger partial charge in [-0.1, -0.05) is 0 Å². The molecule has 2 saturated heterocycles. The van der Waals surface area contributed by atoms with Crippen LogP contribution in [0, 0.1) is 13.8 Å². The van der Waals surface area contributed by atoms with Crippen LogP contribution < -0.4 is 5.73 Å². The standard InChI is InChI=1S/C16H26N4O3.2ClH/c1-11-12(2)22-15(18-11)10-19-5-7-20(8-6-19)16(21)14-4-3-13(9-17)23-14;;/h13-14H,3-10,17H2,1-2H3;2*1H/t13-,14+;;/m1../s1. The van der Waals surface area contributed by atoms with Crippen LogP contribution in [-0.4, -0.2) is 65.6 Å². The summed E-state index contributed by atoms with van der Waals surface area (Å²) < 4.78 is 11.3. The molecule has 1 amide bonds. The van der Waals surface area contributed by atoms with Crippen molar-refractivity contribution in [2.45, 2.75) is 45.4 Å². The molecule has 0 unspecified atom stereocenters. The zero-order chi connectivity index (χ0) is 16.4. The molecule has 2 N–H and O–H groups in total. The first-order valence-electron chi connectivity index (χ1n) is 8.36. The Morgan fingerprint density at radius 2 is 1.88 bits per heavy atom. The summed E-state index contributed by atoms with van der Waals surface area (Å²) in [6, 6.07) is 0. The van der Waals surface area contributed by atoms with Crippen molar-refractivity contribution in [3.63, 3.8) is 0 Å². The second-order valence-corrected chi connectivity index (χ2v) is 6.41. The average Bonchev–Trinajstić information content (AvgIpc) is 3.14. The summed E-state index contributed by atoms with van der Waals surface area (Å²) >= 11 is 0. The molecule has 0 bridgehead atoms. The highest BCUT2D eigenvalue weighted by atomic mass is 35.5. The van der Waals surface area contributed by atoms with E-state index in [1.807, 2.05) is 18.7 Å². The lowest BCUT2D eigenvalue weighted by Crippen LogP contribution is -2.51. The number of piperazine rings is 1. The van der Waals surface area contributed by atoms with E-state index in [2.05, 4.69) is 9.88 Å². The van der Waals surface area contributed by atoms with Crippen LogP contribution in [0.15, 0.2) is 4.42 Å². The van der Waals surface area contributed by atoms with Crippen molar-refractivity contribution in [2.75, 3.05) is 32.7 Å². The molecule has 0 aromatic carbocycles. The van der Waals surface area contributed by atoms with Crippen molar-refractivity contribution in [3.05, 3.63) is 17.3 Å². The highest BCUT2D eigenvalue weighted by Crippen LogP contribution is 2.21. The van der Waals surface area contributed by atoms with Crippen LogP contribution in [-0.2, 0) is 16.1 Å². The summed E-state index contributed by atoms with van der Waals surface area (Å²) in [4.78, 5) is 21.1. The zero-order valence-electron chi connectivity index (χ0n) is 14.8. The molecule has 1 aromatic rings. The number of ether oxygens (including phenoxy) is 1. The quantitative estimate of drug-likeness (QED) is 0.827. The molecule has 9 heteroatoms. The van der Waals surface area contributed by atoms with Gasteiger partial charge in [0.15, 0.2) is 0 Å². The van der Waals surface area contributed by atoms with Gasteiger partial charge in [-0.3, -0.25) is 9.69 Å². The summed E-state index contributed by atoms with van der Waals surface area (Å²) in [6.45, 7) is 8.19. The van der Waals surface area contributed by atoms with Crippen molar-refractivity contribution in [2.24, 2.45) is 5.73 Å². The summed E-state index contributed by atoms with van der Waals surface area (Å²) in [5.74, 6) is 1.75. The third-order valence-electron chi connectivity index (χ3n) is 4.76. The summed E-state index contributed by atoms with van der Waals surface area (Å²) in [6.07, 6.45) is 1.42. The first-order valence-corrected chi connectivity index (χ1v) is 8.36. The lowest BCUT2D eigenvalue weighted by Gasteiger charge is -2.35. The van der Waals surface area contributed by atoms with E-state index < -0.39 is 0 Å². The van der Waals surface area contributed by atoms with Crippen LogP contribution in [0.3, 0.4) is 0 Å². The molecule has 25 heavy (non-hydrogen) atoms. The number of nitrogens with two attached hydrogens (primary N) is 1. The number of amides is 1. The number of rotatable bonds is 4. The average molecular weight is 395 g/mol. The Hall–Kier alpha value is -0.860. The predicted octanol–water partition coefficient (Wildman–Crippen LogP) is 1.29. The van der Waals surface area contributed by atoms with Gasteiger partial charge in [0.05, 0.1) is 18.3 Å². The Kier molecular flexibility index (Phi) is 8.63. The smallest absolute Gasteiger partial charge is 0.251 e. The van der Waals surface area contributed by atoms with Gasteiger partial charge < -0.3 is 19.8 Å². The number of hydrogen-bond donors (Lipinski definition) is 1. The van der Waals surface area contributed by atoms with Crippen LogP contribution in [0.5, 0.6) is 0 Å². The van der Waals surface area contributed by atoms with E-state index in [1.165, 1.54) is 0 Å². The van der Waals surface area contributed by atoms with Gasteiger partial charge in [-0.05, 0) is 26.7 Å². The Balaban J connectivity index is 0.00000156. The number of nitrogens with zero attached hydrogens (tertiary/aromatic N) is 3. The van der Waals surface area contributed by atoms with E-state index in [1.54, 1.807) is 0 Å². The molecule has 2 aliphatic rings. The Bertz CT molecular complexity index is 542. The van der Waals surface area contributed by atoms with Crippen molar-refractivity contribution >= 4 is 30.7 Å². The Morgan fingerprint density at radius 3 is 2.40 bits per heavy atom. The third-order valence-corrected chi connectivity index (χ3v) is 4.76. The molecule has 3 rings (SSSR count). The molecular weight excluding hydrogens is 367 g/mol. The molecule has 2 atom stereocenters. The molecule has 2 aliphatic heterocycles. The van der Waals surface area contributed by atoms with Crippen molar-refractivity contribution in [1.29, 1.82) is 0 Å². The minimum absolute atomic E-state index is 0. The minimum Gasteiger partial charge on any atom is -0.444 e. The normalized spacial score (nSPS) is 23.9. The fraction of sp³-hybridized carbons (Fsp3) is 0.750. The second kappa shape index (κ2) is 9.73. The van der Waals surface area contributed by atoms with Gasteiger partial charge in [0.1, 0.15) is 11.9 Å². The van der Waals surface area contributed by atoms with Gasteiger partial charge in [-0.2, -0.15) is 0 Å². The number of hydrogen-bond acceptors (Lipinski definition) is 6. The van der Waals surface area contributed by atoms with Crippen molar-refractivity contribution in [1.82, 2.24) is 14.8 Å². The summed E-state index contributed by atoms with van der Waals surface area (Å²) in [7, 11) is 0. The number of aromatic nitrogens is 1. The number of oxazole rings is 1. The summed E-state index contributed by atoms with van der Waals surface area (Å²) in [5.41, 5.74) is 6.55. The molecule has 144 valence electrons. The van der Waals surface area contributed by atoms with E-state index in [4.69, 9.17) is 14.9 Å². The first-order chi connectivity index (χ1) is 11.1. The van der Waals surface area contributed by atoms with E-state index in [0.29, 0.717) is 13.1 Å². The van der Waals surface area contributed by atoms with Gasteiger partial charge in [-0.25, -0.2) is 4.98 Å².